The zero-order valence-electron chi connectivity index (χ0n) is 21.2. The van der Waals surface area contributed by atoms with E-state index in [9.17, 15) is 9.18 Å². The van der Waals surface area contributed by atoms with E-state index in [1.165, 1.54) is 18.2 Å². The van der Waals surface area contributed by atoms with E-state index in [1.54, 1.807) is 6.07 Å². The molecular weight excluding hydrogens is 562 g/mol. The highest BCUT2D eigenvalue weighted by molar-refractivity contribution is 6.42. The van der Waals surface area contributed by atoms with Crippen molar-refractivity contribution in [2.24, 2.45) is 0 Å². The first kappa shape index (κ1) is 27.8. The van der Waals surface area contributed by atoms with Crippen molar-refractivity contribution in [3.63, 3.8) is 0 Å². The topological polar surface area (TPSA) is 50.8 Å². The van der Waals surface area contributed by atoms with E-state index >= 15 is 0 Å². The fraction of sp³-hybridized carbons (Fsp3) is 0.300. The lowest BCUT2D eigenvalue weighted by molar-refractivity contribution is -0.128. The lowest BCUT2D eigenvalue weighted by atomic mass is 9.93. The van der Waals surface area contributed by atoms with Crippen molar-refractivity contribution in [3.05, 3.63) is 98.2 Å². The van der Waals surface area contributed by atoms with Crippen molar-refractivity contribution in [2.75, 3.05) is 26.3 Å². The van der Waals surface area contributed by atoms with Crippen LogP contribution in [0, 0.1) is 5.82 Å². The molecule has 0 radical (unpaired) electrons. The second kappa shape index (κ2) is 12.6. The van der Waals surface area contributed by atoms with Gasteiger partial charge < -0.3 is 19.7 Å². The Balaban J connectivity index is 1.26. The van der Waals surface area contributed by atoms with Gasteiger partial charge in [-0.15, -0.1) is 0 Å². The van der Waals surface area contributed by atoms with Gasteiger partial charge in [0.05, 0.1) is 15.1 Å². The lowest BCUT2D eigenvalue weighted by Crippen LogP contribution is -2.39. The summed E-state index contributed by atoms with van der Waals surface area (Å²) in [5.41, 5.74) is 3.67. The Bertz CT molecular complexity index is 1380. The number of carbonyl (C=O) groups is 1. The molecule has 1 N–H and O–H groups in total. The van der Waals surface area contributed by atoms with Crippen LogP contribution in [0.2, 0.25) is 15.1 Å². The molecule has 39 heavy (non-hydrogen) atoms. The number of amides is 1. The zero-order valence-corrected chi connectivity index (χ0v) is 23.5. The lowest BCUT2D eigenvalue weighted by Gasteiger charge is -2.28. The molecule has 3 aromatic carbocycles. The highest BCUT2D eigenvalue weighted by Crippen LogP contribution is 2.35. The summed E-state index contributed by atoms with van der Waals surface area (Å²) in [4.78, 5) is 15.8. The summed E-state index contributed by atoms with van der Waals surface area (Å²) in [6, 6.07) is 17.5. The molecule has 0 unspecified atom stereocenters. The normalized spacial score (nSPS) is 15.3. The molecule has 9 heteroatoms. The molecule has 204 valence electrons. The van der Waals surface area contributed by atoms with Crippen molar-refractivity contribution in [1.82, 2.24) is 10.2 Å². The van der Waals surface area contributed by atoms with Crippen molar-refractivity contribution in [1.29, 1.82) is 0 Å². The van der Waals surface area contributed by atoms with Gasteiger partial charge in [-0.3, -0.25) is 4.79 Å². The maximum atomic E-state index is 13.8. The second-order valence-electron chi connectivity index (χ2n) is 9.56. The number of hydrogen-bond donors (Lipinski definition) is 1. The van der Waals surface area contributed by atoms with Gasteiger partial charge in [-0.05, 0) is 78.9 Å². The highest BCUT2D eigenvalue weighted by atomic mass is 35.5. The molecule has 5 rings (SSSR count). The van der Waals surface area contributed by atoms with E-state index in [4.69, 9.17) is 44.3 Å². The van der Waals surface area contributed by atoms with Gasteiger partial charge in [0.25, 0.3) is 5.91 Å². The minimum absolute atomic E-state index is 0.0349. The number of benzene rings is 3. The molecule has 1 aliphatic carbocycles. The molecule has 0 atom stereocenters. The standard InChI is InChI=1S/C30H28Cl3FN2O3/c31-26-3-1-2-20(29(26)33)18-36(22-7-8-22)30(37)25-17-35-13-12-24(25)19-4-9-23(10-5-19)38-14-15-39-28-11-6-21(34)16-27(28)32/h1-6,9-11,16,22,35H,7-8,12-15,17-18H2. The highest BCUT2D eigenvalue weighted by Gasteiger charge is 2.35. The first-order valence-corrected chi connectivity index (χ1v) is 14.0. The molecule has 5 nitrogen and oxygen atoms in total. The van der Waals surface area contributed by atoms with Crippen molar-refractivity contribution < 1.29 is 18.7 Å². The maximum absolute atomic E-state index is 13.8. The van der Waals surface area contributed by atoms with E-state index < -0.39 is 5.82 Å². The molecule has 0 saturated heterocycles. The van der Waals surface area contributed by atoms with Crippen molar-refractivity contribution in [3.8, 4) is 11.5 Å². The third-order valence-corrected chi connectivity index (χ3v) is 7.96. The van der Waals surface area contributed by atoms with Crippen LogP contribution in [0.25, 0.3) is 5.57 Å². The zero-order chi connectivity index (χ0) is 27.4. The molecule has 3 aromatic rings. The summed E-state index contributed by atoms with van der Waals surface area (Å²) < 4.78 is 24.6. The number of nitrogens with zero attached hydrogens (tertiary/aromatic N) is 1. The van der Waals surface area contributed by atoms with Crippen molar-refractivity contribution in [2.45, 2.75) is 31.8 Å². The Morgan fingerprint density at radius 2 is 1.74 bits per heavy atom. The van der Waals surface area contributed by atoms with E-state index in [2.05, 4.69) is 5.32 Å². The summed E-state index contributed by atoms with van der Waals surface area (Å²) in [5, 5.41) is 4.56. The first-order chi connectivity index (χ1) is 18.9. The molecule has 1 fully saturated rings. The van der Waals surface area contributed by atoms with Crippen molar-refractivity contribution >= 4 is 46.3 Å². The number of hydrogen-bond acceptors (Lipinski definition) is 4. The summed E-state index contributed by atoms with van der Waals surface area (Å²) in [6.45, 7) is 2.30. The van der Waals surface area contributed by atoms with Crippen LogP contribution in [0.3, 0.4) is 0 Å². The van der Waals surface area contributed by atoms with E-state index in [0.29, 0.717) is 41.2 Å². The van der Waals surface area contributed by atoms with Crippen LogP contribution >= 0.6 is 34.8 Å². The predicted octanol–water partition coefficient (Wildman–Crippen LogP) is 7.18. The Morgan fingerprint density at radius 3 is 2.49 bits per heavy atom. The van der Waals surface area contributed by atoms with Crippen LogP contribution in [0.1, 0.15) is 30.4 Å². The fourth-order valence-corrected chi connectivity index (χ4v) is 5.25. The van der Waals surface area contributed by atoms with Gasteiger partial charge in [-0.1, -0.05) is 59.1 Å². The van der Waals surface area contributed by atoms with Crippen LogP contribution in [0.15, 0.2) is 66.2 Å². The van der Waals surface area contributed by atoms with Gasteiger partial charge in [-0.2, -0.15) is 0 Å². The minimum atomic E-state index is -0.414. The van der Waals surface area contributed by atoms with Crippen LogP contribution in [-0.4, -0.2) is 43.2 Å². The average Bonchev–Trinajstić information content (AvgIpc) is 3.78. The quantitative estimate of drug-likeness (QED) is 0.255. The van der Waals surface area contributed by atoms with Gasteiger partial charge in [-0.25, -0.2) is 4.39 Å². The molecule has 2 aliphatic rings. The van der Waals surface area contributed by atoms with Gasteiger partial charge in [0.2, 0.25) is 0 Å². The Hall–Kier alpha value is -2.77. The van der Waals surface area contributed by atoms with Gasteiger partial charge >= 0.3 is 0 Å². The Kier molecular flexibility index (Phi) is 8.98. The molecule has 0 bridgehead atoms. The minimum Gasteiger partial charge on any atom is -0.490 e. The molecule has 1 amide bonds. The largest absolute Gasteiger partial charge is 0.490 e. The average molecular weight is 590 g/mol. The van der Waals surface area contributed by atoms with E-state index in [0.717, 1.165) is 48.1 Å². The Morgan fingerprint density at radius 1 is 0.974 bits per heavy atom. The third kappa shape index (κ3) is 6.87. The van der Waals surface area contributed by atoms with Crippen LogP contribution in [0.4, 0.5) is 4.39 Å². The summed E-state index contributed by atoms with van der Waals surface area (Å²) >= 11 is 18.7. The number of carbonyl (C=O) groups excluding carboxylic acids is 1. The van der Waals surface area contributed by atoms with Crippen LogP contribution < -0.4 is 14.8 Å². The van der Waals surface area contributed by atoms with Gasteiger partial charge in [0.1, 0.15) is 30.5 Å². The van der Waals surface area contributed by atoms with E-state index in [1.807, 2.05) is 41.3 Å². The fourth-order valence-electron chi connectivity index (χ4n) is 4.64. The van der Waals surface area contributed by atoms with Gasteiger partial charge in [0.15, 0.2) is 0 Å². The molecule has 1 aliphatic heterocycles. The number of nitrogens with one attached hydrogen (secondary N) is 1. The molecule has 0 spiro atoms. The summed E-state index contributed by atoms with van der Waals surface area (Å²) in [7, 11) is 0. The number of rotatable bonds is 10. The second-order valence-corrected chi connectivity index (χ2v) is 10.7. The molecule has 1 heterocycles. The number of ether oxygens (including phenoxy) is 2. The molecule has 1 saturated carbocycles. The van der Waals surface area contributed by atoms with E-state index in [-0.39, 0.29) is 23.6 Å². The van der Waals surface area contributed by atoms with Crippen LogP contribution in [-0.2, 0) is 11.3 Å². The predicted molar refractivity (Wildman–Crippen MR) is 153 cm³/mol. The molecule has 0 aromatic heterocycles. The maximum Gasteiger partial charge on any atom is 0.251 e. The smallest absolute Gasteiger partial charge is 0.251 e. The SMILES string of the molecule is O=C(C1=C(c2ccc(OCCOc3ccc(F)cc3Cl)cc2)CCNC1)N(Cc1cccc(Cl)c1Cl)C1CC1. The Labute approximate surface area is 242 Å². The van der Waals surface area contributed by atoms with Gasteiger partial charge in [0, 0.05) is 24.7 Å². The summed E-state index contributed by atoms with van der Waals surface area (Å²) in [5.74, 6) is 0.714. The summed E-state index contributed by atoms with van der Waals surface area (Å²) in [6.07, 6.45) is 2.73. The van der Waals surface area contributed by atoms with Crippen LogP contribution in [0.5, 0.6) is 11.5 Å². The monoisotopic (exact) mass is 588 g/mol. The first-order valence-electron chi connectivity index (χ1n) is 12.9. The molecular formula is C30H28Cl3FN2O3. The third-order valence-electron chi connectivity index (χ3n) is 6.80. The number of halogens is 4.